The Morgan fingerprint density at radius 3 is 2.32 bits per heavy atom. The van der Waals surface area contributed by atoms with E-state index in [0.717, 1.165) is 12.8 Å². The van der Waals surface area contributed by atoms with E-state index in [9.17, 15) is 19.4 Å². The number of hydrogen-bond acceptors (Lipinski definition) is 5. The molecule has 1 saturated carbocycles. The molecule has 3 amide bonds. The summed E-state index contributed by atoms with van der Waals surface area (Å²) in [6.07, 6.45) is 2.08. The molecule has 3 fully saturated rings. The number of fused-ring (bicyclic) bond motifs is 1. The molecular formula is C19H33BN4O4. The third-order valence-corrected chi connectivity index (χ3v) is 6.72. The van der Waals surface area contributed by atoms with Gasteiger partial charge in [0, 0.05) is 13.1 Å². The summed E-state index contributed by atoms with van der Waals surface area (Å²) in [5.41, 5.74) is -0.218. The quantitative estimate of drug-likeness (QED) is 0.465. The van der Waals surface area contributed by atoms with E-state index in [1.165, 1.54) is 0 Å². The summed E-state index contributed by atoms with van der Waals surface area (Å²) in [6, 6.07) is -0.731. The molecule has 2 saturated heterocycles. The lowest BCUT2D eigenvalue weighted by Gasteiger charge is -2.46. The second-order valence-corrected chi connectivity index (χ2v) is 9.82. The summed E-state index contributed by atoms with van der Waals surface area (Å²) in [5.74, 6) is -0.828. The molecule has 2 heterocycles. The minimum absolute atomic E-state index is 0.00122. The molecule has 9 heteroatoms. The molecule has 0 radical (unpaired) electrons. The van der Waals surface area contributed by atoms with Crippen LogP contribution < -0.4 is 10.6 Å². The monoisotopic (exact) mass is 392 g/mol. The van der Waals surface area contributed by atoms with Crippen molar-refractivity contribution in [2.24, 2.45) is 17.3 Å². The van der Waals surface area contributed by atoms with Crippen LogP contribution in [0.3, 0.4) is 0 Å². The molecule has 0 spiro atoms. The molecule has 1 aliphatic carbocycles. The first kappa shape index (κ1) is 21.1. The van der Waals surface area contributed by atoms with Crippen LogP contribution in [0.1, 0.15) is 47.0 Å². The summed E-state index contributed by atoms with van der Waals surface area (Å²) in [5, 5.41) is 16.2. The zero-order chi connectivity index (χ0) is 21.0. The lowest BCUT2D eigenvalue weighted by molar-refractivity contribution is -0.144. The lowest BCUT2D eigenvalue weighted by atomic mass is 9.69. The minimum Gasteiger partial charge on any atom is -0.437 e. The molecule has 5 unspecified atom stereocenters. The average molecular weight is 392 g/mol. The number of carbonyl (C=O) groups excluding carboxylic acids is 3. The Bertz CT molecular complexity index is 665. The van der Waals surface area contributed by atoms with Gasteiger partial charge in [0.05, 0.1) is 18.2 Å². The Hall–Kier alpha value is -1.61. The highest BCUT2D eigenvalue weighted by Crippen LogP contribution is 2.40. The van der Waals surface area contributed by atoms with Gasteiger partial charge in [-0.2, -0.15) is 0 Å². The average Bonchev–Trinajstić information content (AvgIpc) is 2.84. The van der Waals surface area contributed by atoms with Crippen molar-refractivity contribution < 1.29 is 19.4 Å². The van der Waals surface area contributed by atoms with Gasteiger partial charge in [0.15, 0.2) is 0 Å². The van der Waals surface area contributed by atoms with Crippen molar-refractivity contribution in [1.29, 1.82) is 0 Å². The van der Waals surface area contributed by atoms with Crippen LogP contribution in [0.15, 0.2) is 0 Å². The summed E-state index contributed by atoms with van der Waals surface area (Å²) >= 11 is 0. The Morgan fingerprint density at radius 1 is 1.14 bits per heavy atom. The third-order valence-electron chi connectivity index (χ3n) is 6.72. The first-order valence-corrected chi connectivity index (χ1v) is 10.3. The molecule has 3 rings (SSSR count). The maximum absolute atomic E-state index is 13.2. The summed E-state index contributed by atoms with van der Waals surface area (Å²) in [4.78, 5) is 40.5. The zero-order valence-corrected chi connectivity index (χ0v) is 17.7. The van der Waals surface area contributed by atoms with Gasteiger partial charge < -0.3 is 20.6 Å². The van der Waals surface area contributed by atoms with Gasteiger partial charge in [-0.1, -0.05) is 27.7 Å². The predicted octanol–water partition coefficient (Wildman–Crippen LogP) is 0.0309. The fourth-order valence-electron chi connectivity index (χ4n) is 5.51. The second-order valence-electron chi connectivity index (χ2n) is 9.82. The molecule has 0 aromatic heterocycles. The maximum Gasteiger partial charge on any atom is 0.378 e. The maximum atomic E-state index is 13.2. The number of hydrogen-bond donors (Lipinski definition) is 3. The third kappa shape index (κ3) is 3.54. The Balaban J connectivity index is 1.88. The molecule has 8 nitrogen and oxygen atoms in total. The molecule has 3 aliphatic rings. The molecular weight excluding hydrogens is 359 g/mol. The molecule has 6 atom stereocenters. The lowest BCUT2D eigenvalue weighted by Crippen LogP contribution is -2.67. The van der Waals surface area contributed by atoms with E-state index in [4.69, 9.17) is 0 Å². The normalized spacial score (nSPS) is 36.8. The Kier molecular flexibility index (Phi) is 5.53. The van der Waals surface area contributed by atoms with Gasteiger partial charge in [0.25, 0.3) is 0 Å². The summed E-state index contributed by atoms with van der Waals surface area (Å²) in [7, 11) is 1.03. The van der Waals surface area contributed by atoms with Crippen molar-refractivity contribution in [3.8, 4) is 0 Å². The molecule has 0 aromatic rings. The van der Waals surface area contributed by atoms with Crippen molar-refractivity contribution in [3.63, 3.8) is 0 Å². The topological polar surface area (TPSA) is 102 Å². The van der Waals surface area contributed by atoms with Crippen molar-refractivity contribution >= 4 is 24.8 Å². The number of carbonyl (C=O) groups is 3. The first-order valence-electron chi connectivity index (χ1n) is 10.3. The Morgan fingerprint density at radius 2 is 1.75 bits per heavy atom. The minimum atomic E-state index is -0.765. The van der Waals surface area contributed by atoms with E-state index in [1.807, 2.05) is 4.81 Å². The summed E-state index contributed by atoms with van der Waals surface area (Å²) < 4.78 is 0. The van der Waals surface area contributed by atoms with Crippen LogP contribution in [0.5, 0.6) is 0 Å². The van der Waals surface area contributed by atoms with Gasteiger partial charge in [0.2, 0.25) is 5.91 Å². The van der Waals surface area contributed by atoms with Gasteiger partial charge in [-0.05, 0) is 43.3 Å². The standard InChI is InChI=1S/C19H33BN4O4/c1-10-7-8-12-14(22-16(26)15(25)21-12)11(10)9-13-17(27)23(6)18(19(2,3)4)24(13)20(5)28/h10-14,18,28H,7-9H2,1-6H3,(H,21,25)(H,22,26)/t10?,11?,12?,13?,14?,18-/m0/s1. The highest BCUT2D eigenvalue weighted by molar-refractivity contribution is 6.46. The van der Waals surface area contributed by atoms with Crippen LogP contribution in [0.2, 0.25) is 6.82 Å². The van der Waals surface area contributed by atoms with Gasteiger partial charge in [-0.25, -0.2) is 0 Å². The van der Waals surface area contributed by atoms with E-state index in [1.54, 1.807) is 18.8 Å². The van der Waals surface area contributed by atoms with E-state index < -0.39 is 24.9 Å². The van der Waals surface area contributed by atoms with Crippen molar-refractivity contribution in [1.82, 2.24) is 20.3 Å². The van der Waals surface area contributed by atoms with Crippen molar-refractivity contribution in [2.75, 3.05) is 7.05 Å². The largest absolute Gasteiger partial charge is 0.437 e. The molecule has 2 aliphatic heterocycles. The zero-order valence-electron chi connectivity index (χ0n) is 17.7. The van der Waals surface area contributed by atoms with Crippen LogP contribution in [-0.2, 0) is 14.4 Å². The number of rotatable bonds is 3. The molecule has 28 heavy (non-hydrogen) atoms. The SMILES string of the molecule is CB(O)N1C(CC2C(C)CCC3NC(=O)C(=O)NC32)C(=O)N(C)[C@@H]1C(C)(C)C. The van der Waals surface area contributed by atoms with Crippen molar-refractivity contribution in [3.05, 3.63) is 0 Å². The van der Waals surface area contributed by atoms with Crippen molar-refractivity contribution in [2.45, 2.75) is 78.1 Å². The van der Waals surface area contributed by atoms with Crippen LogP contribution in [0.4, 0.5) is 0 Å². The number of piperazine rings is 1. The fraction of sp³-hybridized carbons (Fsp3) is 0.842. The number of nitrogens with one attached hydrogen (secondary N) is 2. The molecule has 0 aromatic carbocycles. The number of likely N-dealkylation sites (N-methyl/N-ethyl adjacent to an activating group) is 1. The number of nitrogens with zero attached hydrogens (tertiary/aromatic N) is 2. The van der Waals surface area contributed by atoms with E-state index in [2.05, 4.69) is 38.3 Å². The van der Waals surface area contributed by atoms with E-state index >= 15 is 0 Å². The van der Waals surface area contributed by atoms with Crippen LogP contribution in [0, 0.1) is 17.3 Å². The van der Waals surface area contributed by atoms with E-state index in [0.29, 0.717) is 12.3 Å². The Labute approximate surface area is 167 Å². The second kappa shape index (κ2) is 7.33. The van der Waals surface area contributed by atoms with Gasteiger partial charge >= 0.3 is 18.9 Å². The number of amides is 3. The summed E-state index contributed by atoms with van der Waals surface area (Å²) in [6.45, 7) is 10.0. The van der Waals surface area contributed by atoms with Crippen LogP contribution >= 0.6 is 0 Å². The van der Waals surface area contributed by atoms with E-state index in [-0.39, 0.29) is 35.5 Å². The highest BCUT2D eigenvalue weighted by Gasteiger charge is 2.53. The smallest absolute Gasteiger partial charge is 0.378 e. The van der Waals surface area contributed by atoms with Crippen LogP contribution in [-0.4, -0.2) is 70.8 Å². The van der Waals surface area contributed by atoms with Crippen LogP contribution in [0.25, 0.3) is 0 Å². The van der Waals surface area contributed by atoms with Gasteiger partial charge in [0.1, 0.15) is 0 Å². The predicted molar refractivity (Wildman–Crippen MR) is 106 cm³/mol. The van der Waals surface area contributed by atoms with Gasteiger partial charge in [-0.15, -0.1) is 0 Å². The first-order chi connectivity index (χ1) is 12.9. The molecule has 156 valence electrons. The molecule has 0 bridgehead atoms. The molecule has 3 N–H and O–H groups in total. The van der Waals surface area contributed by atoms with Gasteiger partial charge in [-0.3, -0.25) is 19.2 Å². The highest BCUT2D eigenvalue weighted by atomic mass is 16.2. The fourth-order valence-corrected chi connectivity index (χ4v) is 5.51.